The summed E-state index contributed by atoms with van der Waals surface area (Å²) in [5, 5.41) is 6.41. The summed E-state index contributed by atoms with van der Waals surface area (Å²) in [6, 6.07) is 45.0. The molecule has 6 aromatic rings. The first-order valence-electron chi connectivity index (χ1n) is 14.9. The Hall–Kier alpha value is -4.78. The van der Waals surface area contributed by atoms with Crippen LogP contribution in [0.4, 0.5) is 5.69 Å². The highest BCUT2D eigenvalue weighted by Crippen LogP contribution is 2.57. The number of halogens is 1. The van der Waals surface area contributed by atoms with Gasteiger partial charge in [0, 0.05) is 43.7 Å². The Bertz CT molecular complexity index is 2050. The van der Waals surface area contributed by atoms with Crippen LogP contribution in [0.5, 0.6) is 11.6 Å². The summed E-state index contributed by atoms with van der Waals surface area (Å²) in [7, 11) is 0. The van der Waals surface area contributed by atoms with E-state index in [0.717, 1.165) is 49.8 Å². The number of hydrogen-bond acceptors (Lipinski definition) is 6. The highest BCUT2D eigenvalue weighted by molar-refractivity contribution is 7.99. The van der Waals surface area contributed by atoms with Crippen LogP contribution >= 0.6 is 23.4 Å². The average Bonchev–Trinajstić information content (AvgIpc) is 3.38. The van der Waals surface area contributed by atoms with E-state index in [4.69, 9.17) is 31.3 Å². The van der Waals surface area contributed by atoms with Crippen LogP contribution in [0.25, 0.3) is 10.9 Å². The Morgan fingerprint density at radius 2 is 1.58 bits per heavy atom. The zero-order chi connectivity index (χ0) is 30.4. The van der Waals surface area contributed by atoms with E-state index < -0.39 is 5.72 Å². The minimum atomic E-state index is -0.968. The first-order valence-corrected chi connectivity index (χ1v) is 16.1. The van der Waals surface area contributed by atoms with Crippen LogP contribution in [0.1, 0.15) is 33.9 Å². The molecule has 2 atom stereocenters. The van der Waals surface area contributed by atoms with E-state index in [1.807, 2.05) is 72.8 Å². The molecule has 2 aliphatic rings. The highest BCUT2D eigenvalue weighted by atomic mass is 35.5. The molecule has 5 nitrogen and oxygen atoms in total. The molecule has 0 saturated carbocycles. The monoisotopic (exact) mass is 625 g/mol. The van der Waals surface area contributed by atoms with E-state index in [9.17, 15) is 0 Å². The lowest BCUT2D eigenvalue weighted by atomic mass is 9.91. The smallest absolute Gasteiger partial charge is 0.242 e. The molecule has 3 heterocycles. The average molecular weight is 626 g/mol. The van der Waals surface area contributed by atoms with E-state index in [1.54, 1.807) is 11.8 Å². The van der Waals surface area contributed by atoms with Gasteiger partial charge in [-0.1, -0.05) is 107 Å². The first-order chi connectivity index (χ1) is 22.1. The third kappa shape index (κ3) is 5.00. The molecule has 8 rings (SSSR count). The molecular weight excluding hydrogens is 598 g/mol. The van der Waals surface area contributed by atoms with Gasteiger partial charge in [0.15, 0.2) is 5.84 Å². The van der Waals surface area contributed by atoms with Gasteiger partial charge in [0.05, 0.1) is 11.2 Å². The van der Waals surface area contributed by atoms with Gasteiger partial charge in [0.2, 0.25) is 11.6 Å². The molecule has 5 aromatic carbocycles. The Morgan fingerprint density at radius 3 is 2.40 bits per heavy atom. The lowest BCUT2D eigenvalue weighted by molar-refractivity contribution is -0.0284. The Balaban J connectivity index is 1.34. The van der Waals surface area contributed by atoms with E-state index in [-0.39, 0.29) is 5.25 Å². The van der Waals surface area contributed by atoms with Gasteiger partial charge in [-0.3, -0.25) is 4.90 Å². The van der Waals surface area contributed by atoms with Crippen molar-refractivity contribution in [2.24, 2.45) is 5.16 Å². The number of benzene rings is 5. The number of aromatic nitrogens is 1. The van der Waals surface area contributed by atoms with Gasteiger partial charge in [-0.25, -0.2) is 4.98 Å². The van der Waals surface area contributed by atoms with Crippen LogP contribution in [0.15, 0.2) is 144 Å². The molecule has 0 bridgehead atoms. The standard InChI is InChI=1S/C38H28ClN3O2S/c1-25-15-17-26(18-16-25)36-41-44-38(28-19-21-29(39)22-20-28)24-35(45-34-14-8-7-13-33(34)42(36)38)31-23-27-9-5-6-12-32(27)40-37(31)43-30-10-3-2-4-11-30/h2-23,35H,24H2,1H3. The molecule has 7 heteroatoms. The molecule has 2 aliphatic heterocycles. The van der Waals surface area contributed by atoms with Gasteiger partial charge in [-0.2, -0.15) is 0 Å². The maximum absolute atomic E-state index is 6.70. The summed E-state index contributed by atoms with van der Waals surface area (Å²) in [4.78, 5) is 15.1. The largest absolute Gasteiger partial charge is 0.439 e. The van der Waals surface area contributed by atoms with Crippen molar-refractivity contribution in [3.05, 3.63) is 161 Å². The summed E-state index contributed by atoms with van der Waals surface area (Å²) in [6.45, 7) is 2.09. The number of fused-ring (bicyclic) bond motifs is 4. The van der Waals surface area contributed by atoms with Crippen molar-refractivity contribution in [3.63, 3.8) is 0 Å². The maximum Gasteiger partial charge on any atom is 0.242 e. The fraction of sp³-hybridized carbons (Fsp3) is 0.105. The SMILES string of the molecule is Cc1ccc(C2=NOC3(c4ccc(Cl)cc4)CC(c4cc5ccccc5nc4Oc4ccccc4)Sc4ccccc4N23)cc1. The summed E-state index contributed by atoms with van der Waals surface area (Å²) in [5.41, 5.74) is 5.04. The number of thioether (sulfide) groups is 1. The van der Waals surface area contributed by atoms with Gasteiger partial charge in [-0.05, 0) is 55.5 Å². The van der Waals surface area contributed by atoms with E-state index in [2.05, 4.69) is 72.5 Å². The van der Waals surface area contributed by atoms with Crippen molar-refractivity contribution < 1.29 is 9.57 Å². The van der Waals surface area contributed by atoms with Crippen molar-refractivity contribution in [1.29, 1.82) is 0 Å². The Morgan fingerprint density at radius 1 is 0.844 bits per heavy atom. The third-order valence-corrected chi connectivity index (χ3v) is 9.88. The van der Waals surface area contributed by atoms with Gasteiger partial charge >= 0.3 is 0 Å². The number of amidine groups is 1. The van der Waals surface area contributed by atoms with E-state index in [1.165, 1.54) is 5.56 Å². The molecule has 0 fully saturated rings. The predicted molar refractivity (Wildman–Crippen MR) is 182 cm³/mol. The number of ether oxygens (including phenoxy) is 1. The molecule has 45 heavy (non-hydrogen) atoms. The molecule has 0 amide bonds. The molecule has 0 radical (unpaired) electrons. The number of para-hydroxylation sites is 3. The minimum Gasteiger partial charge on any atom is -0.439 e. The number of pyridine rings is 1. The van der Waals surface area contributed by atoms with Gasteiger partial charge in [0.1, 0.15) is 5.75 Å². The maximum atomic E-state index is 6.70. The quantitative estimate of drug-likeness (QED) is 0.191. The lowest BCUT2D eigenvalue weighted by Crippen LogP contribution is -2.47. The Labute approximate surface area is 271 Å². The highest BCUT2D eigenvalue weighted by Gasteiger charge is 2.53. The van der Waals surface area contributed by atoms with Crippen LogP contribution in [0, 0.1) is 6.92 Å². The summed E-state index contributed by atoms with van der Waals surface area (Å²) in [6.07, 6.45) is 0.554. The second-order valence-electron chi connectivity index (χ2n) is 11.3. The van der Waals surface area contributed by atoms with Gasteiger partial charge in [-0.15, -0.1) is 11.8 Å². The van der Waals surface area contributed by atoms with Crippen molar-refractivity contribution in [3.8, 4) is 11.6 Å². The van der Waals surface area contributed by atoms with Crippen LogP contribution in [-0.2, 0) is 10.6 Å². The second-order valence-corrected chi connectivity index (χ2v) is 12.9. The van der Waals surface area contributed by atoms with Gasteiger partial charge in [0.25, 0.3) is 0 Å². The number of oxime groups is 1. The predicted octanol–water partition coefficient (Wildman–Crippen LogP) is 10.3. The molecule has 0 aliphatic carbocycles. The van der Waals surface area contributed by atoms with Crippen LogP contribution < -0.4 is 9.64 Å². The van der Waals surface area contributed by atoms with E-state index >= 15 is 0 Å². The number of rotatable bonds is 5. The van der Waals surface area contributed by atoms with Crippen LogP contribution in [0.3, 0.4) is 0 Å². The van der Waals surface area contributed by atoms with Crippen molar-refractivity contribution in [1.82, 2.24) is 4.98 Å². The second kappa shape index (κ2) is 11.3. The summed E-state index contributed by atoms with van der Waals surface area (Å²) >= 11 is 8.20. The van der Waals surface area contributed by atoms with Crippen molar-refractivity contribution >= 4 is 45.8 Å². The number of hydrogen-bond donors (Lipinski definition) is 0. The number of nitrogens with zero attached hydrogens (tertiary/aromatic N) is 3. The summed E-state index contributed by atoms with van der Waals surface area (Å²) in [5.74, 6) is 2.07. The van der Waals surface area contributed by atoms with Crippen molar-refractivity contribution in [2.75, 3.05) is 4.90 Å². The Kier molecular flexibility index (Phi) is 6.96. The fourth-order valence-electron chi connectivity index (χ4n) is 6.09. The molecule has 0 N–H and O–H groups in total. The van der Waals surface area contributed by atoms with Crippen LogP contribution in [0.2, 0.25) is 5.02 Å². The molecule has 220 valence electrons. The molecule has 0 spiro atoms. The first kappa shape index (κ1) is 27.7. The normalized spacial score (nSPS) is 18.8. The molecule has 0 saturated heterocycles. The van der Waals surface area contributed by atoms with Crippen molar-refractivity contribution in [2.45, 2.75) is 29.2 Å². The molecule has 2 unspecified atom stereocenters. The minimum absolute atomic E-state index is 0.116. The number of aryl methyl sites for hydroxylation is 1. The molecular formula is C38H28ClN3O2S. The fourth-order valence-corrected chi connectivity index (χ4v) is 7.57. The van der Waals surface area contributed by atoms with Gasteiger partial charge < -0.3 is 9.57 Å². The lowest BCUT2D eigenvalue weighted by Gasteiger charge is -2.38. The zero-order valence-electron chi connectivity index (χ0n) is 24.4. The van der Waals surface area contributed by atoms with E-state index in [0.29, 0.717) is 17.3 Å². The zero-order valence-corrected chi connectivity index (χ0v) is 26.0. The molecule has 1 aromatic heterocycles. The number of anilines is 1. The topological polar surface area (TPSA) is 47.0 Å². The third-order valence-electron chi connectivity index (χ3n) is 8.32. The summed E-state index contributed by atoms with van der Waals surface area (Å²) < 4.78 is 6.54. The van der Waals surface area contributed by atoms with Crippen LogP contribution in [-0.4, -0.2) is 10.8 Å².